The number of hydrogen-bond acceptors (Lipinski definition) is 2. The van der Waals surface area contributed by atoms with Crippen molar-refractivity contribution in [1.82, 2.24) is 0 Å². The maximum absolute atomic E-state index is 9.86. The zero-order valence-corrected chi connectivity index (χ0v) is 8.76. The van der Waals surface area contributed by atoms with Crippen LogP contribution in [-0.4, -0.2) is 5.11 Å². The van der Waals surface area contributed by atoms with Gasteiger partial charge in [0.25, 0.3) is 0 Å². The van der Waals surface area contributed by atoms with Crippen LogP contribution in [-0.2, 0) is 0 Å². The number of hydrogen-bond donors (Lipinski definition) is 1. The third-order valence-corrected chi connectivity index (χ3v) is 2.28. The van der Waals surface area contributed by atoms with Crippen LogP contribution in [0, 0.1) is 0 Å². The summed E-state index contributed by atoms with van der Waals surface area (Å²) in [5.74, 6) is 0.798. The van der Waals surface area contributed by atoms with Crippen molar-refractivity contribution in [3.8, 4) is 22.6 Å². The van der Waals surface area contributed by atoms with Crippen molar-refractivity contribution in [1.29, 1.82) is 0 Å². The Morgan fingerprint density at radius 3 is 2.44 bits per heavy atom. The van der Waals surface area contributed by atoms with Gasteiger partial charge in [-0.3, -0.25) is 0 Å². The maximum Gasteiger partial charge on any atom is 0.138 e. The first-order chi connectivity index (χ1) is 7.83. The highest BCUT2D eigenvalue weighted by atomic mass is 16.5. The first-order valence-corrected chi connectivity index (χ1v) is 4.98. The maximum atomic E-state index is 9.86. The van der Waals surface area contributed by atoms with Gasteiger partial charge in [0.15, 0.2) is 0 Å². The van der Waals surface area contributed by atoms with E-state index in [1.165, 1.54) is 6.26 Å². The standard InChI is InChI=1S/C14H12O2/c1-2-16-13-10-6-9-12(15)14(13)11-7-4-3-5-8-11/h2-10,15H,1H2. The molecule has 2 aromatic carbocycles. The summed E-state index contributed by atoms with van der Waals surface area (Å²) in [4.78, 5) is 0. The Morgan fingerprint density at radius 1 is 1.00 bits per heavy atom. The van der Waals surface area contributed by atoms with E-state index in [4.69, 9.17) is 4.74 Å². The van der Waals surface area contributed by atoms with Gasteiger partial charge in [-0.2, -0.15) is 0 Å². The molecule has 0 spiro atoms. The van der Waals surface area contributed by atoms with Gasteiger partial charge in [0.2, 0.25) is 0 Å². The van der Waals surface area contributed by atoms with Crippen molar-refractivity contribution in [2.24, 2.45) is 0 Å². The smallest absolute Gasteiger partial charge is 0.138 e. The van der Waals surface area contributed by atoms with Crippen LogP contribution in [0.25, 0.3) is 11.1 Å². The van der Waals surface area contributed by atoms with Crippen LogP contribution in [0.4, 0.5) is 0 Å². The predicted molar refractivity (Wildman–Crippen MR) is 64.4 cm³/mol. The quantitative estimate of drug-likeness (QED) is 0.788. The highest BCUT2D eigenvalue weighted by Crippen LogP contribution is 2.37. The minimum absolute atomic E-state index is 0.200. The summed E-state index contributed by atoms with van der Waals surface area (Å²) >= 11 is 0. The molecular weight excluding hydrogens is 200 g/mol. The van der Waals surface area contributed by atoms with E-state index in [0.29, 0.717) is 11.3 Å². The van der Waals surface area contributed by atoms with Crippen molar-refractivity contribution in [3.05, 3.63) is 61.4 Å². The molecule has 2 aromatic rings. The van der Waals surface area contributed by atoms with E-state index in [9.17, 15) is 5.11 Å². The Kier molecular flexibility index (Phi) is 2.92. The number of phenolic OH excluding ortho intramolecular Hbond substituents is 1. The lowest BCUT2D eigenvalue weighted by Crippen LogP contribution is -1.87. The van der Waals surface area contributed by atoms with Crippen LogP contribution in [0.1, 0.15) is 0 Å². The second-order valence-electron chi connectivity index (χ2n) is 3.30. The van der Waals surface area contributed by atoms with Gasteiger partial charge < -0.3 is 9.84 Å². The van der Waals surface area contributed by atoms with Gasteiger partial charge >= 0.3 is 0 Å². The van der Waals surface area contributed by atoms with Crippen LogP contribution in [0.3, 0.4) is 0 Å². The minimum Gasteiger partial charge on any atom is -0.507 e. The van der Waals surface area contributed by atoms with Gasteiger partial charge in [-0.05, 0) is 17.7 Å². The molecule has 16 heavy (non-hydrogen) atoms. The molecule has 0 aromatic heterocycles. The lowest BCUT2D eigenvalue weighted by molar-refractivity contribution is 0.459. The van der Waals surface area contributed by atoms with Crippen LogP contribution >= 0.6 is 0 Å². The number of aromatic hydroxyl groups is 1. The van der Waals surface area contributed by atoms with E-state index in [2.05, 4.69) is 6.58 Å². The van der Waals surface area contributed by atoms with Gasteiger partial charge in [-0.1, -0.05) is 43.0 Å². The molecule has 2 rings (SSSR count). The highest BCUT2D eigenvalue weighted by molar-refractivity contribution is 5.76. The molecule has 0 unspecified atom stereocenters. The second-order valence-corrected chi connectivity index (χ2v) is 3.30. The molecule has 0 bridgehead atoms. The first kappa shape index (κ1) is 10.3. The summed E-state index contributed by atoms with van der Waals surface area (Å²) in [6.45, 7) is 3.52. The Bertz CT molecular complexity index is 489. The molecular formula is C14H12O2. The molecule has 0 saturated carbocycles. The van der Waals surface area contributed by atoms with E-state index < -0.39 is 0 Å². The molecule has 0 aliphatic carbocycles. The molecule has 0 saturated heterocycles. The Labute approximate surface area is 94.4 Å². The first-order valence-electron chi connectivity index (χ1n) is 4.98. The monoisotopic (exact) mass is 212 g/mol. The predicted octanol–water partition coefficient (Wildman–Crippen LogP) is 3.58. The van der Waals surface area contributed by atoms with E-state index in [0.717, 1.165) is 5.56 Å². The lowest BCUT2D eigenvalue weighted by atomic mass is 10.0. The Morgan fingerprint density at radius 2 is 1.75 bits per heavy atom. The molecule has 1 N–H and O–H groups in total. The largest absolute Gasteiger partial charge is 0.507 e. The van der Waals surface area contributed by atoms with Gasteiger partial charge in [-0.15, -0.1) is 0 Å². The Hall–Kier alpha value is -2.22. The zero-order chi connectivity index (χ0) is 11.4. The molecule has 0 fully saturated rings. The Balaban J connectivity index is 2.58. The van der Waals surface area contributed by atoms with Crippen molar-refractivity contribution >= 4 is 0 Å². The van der Waals surface area contributed by atoms with E-state index in [1.54, 1.807) is 18.2 Å². The molecule has 0 heterocycles. The fraction of sp³-hybridized carbons (Fsp3) is 0. The van der Waals surface area contributed by atoms with Crippen LogP contribution in [0.5, 0.6) is 11.5 Å². The molecule has 80 valence electrons. The molecule has 2 nitrogen and oxygen atoms in total. The van der Waals surface area contributed by atoms with Gasteiger partial charge in [0.05, 0.1) is 11.8 Å². The third-order valence-electron chi connectivity index (χ3n) is 2.28. The number of rotatable bonds is 3. The summed E-state index contributed by atoms with van der Waals surface area (Å²) in [5.41, 5.74) is 1.60. The molecule has 0 aliphatic rings. The van der Waals surface area contributed by atoms with Gasteiger partial charge in [0.1, 0.15) is 11.5 Å². The van der Waals surface area contributed by atoms with Crippen molar-refractivity contribution in [3.63, 3.8) is 0 Å². The summed E-state index contributed by atoms with van der Waals surface area (Å²) in [6, 6.07) is 14.8. The fourth-order valence-corrected chi connectivity index (χ4v) is 1.60. The number of benzene rings is 2. The molecule has 0 radical (unpaired) electrons. The molecule has 2 heteroatoms. The summed E-state index contributed by atoms with van der Waals surface area (Å²) in [7, 11) is 0. The average molecular weight is 212 g/mol. The summed E-state index contributed by atoms with van der Waals surface area (Å²) < 4.78 is 5.28. The third kappa shape index (κ3) is 1.91. The topological polar surface area (TPSA) is 29.5 Å². The normalized spacial score (nSPS) is 9.75. The minimum atomic E-state index is 0.200. The van der Waals surface area contributed by atoms with Crippen molar-refractivity contribution in [2.75, 3.05) is 0 Å². The molecule has 0 aliphatic heterocycles. The zero-order valence-electron chi connectivity index (χ0n) is 8.76. The lowest BCUT2D eigenvalue weighted by Gasteiger charge is -2.10. The molecule has 0 amide bonds. The summed E-state index contributed by atoms with van der Waals surface area (Å²) in [6.07, 6.45) is 1.35. The molecule has 0 atom stereocenters. The fourth-order valence-electron chi connectivity index (χ4n) is 1.60. The van der Waals surface area contributed by atoms with Crippen LogP contribution < -0.4 is 4.74 Å². The summed E-state index contributed by atoms with van der Waals surface area (Å²) in [5, 5.41) is 9.86. The highest BCUT2D eigenvalue weighted by Gasteiger charge is 2.10. The average Bonchev–Trinajstić information content (AvgIpc) is 2.31. The SMILES string of the molecule is C=COc1cccc(O)c1-c1ccccc1. The van der Waals surface area contributed by atoms with Gasteiger partial charge in [-0.25, -0.2) is 0 Å². The number of phenols is 1. The van der Waals surface area contributed by atoms with E-state index >= 15 is 0 Å². The van der Waals surface area contributed by atoms with Crippen LogP contribution in [0.15, 0.2) is 61.4 Å². The van der Waals surface area contributed by atoms with E-state index in [-0.39, 0.29) is 5.75 Å². The van der Waals surface area contributed by atoms with Crippen molar-refractivity contribution in [2.45, 2.75) is 0 Å². The second kappa shape index (κ2) is 4.53. The van der Waals surface area contributed by atoms with Crippen LogP contribution in [0.2, 0.25) is 0 Å². The number of ether oxygens (including phenoxy) is 1. The van der Waals surface area contributed by atoms with Gasteiger partial charge in [0, 0.05) is 0 Å². The van der Waals surface area contributed by atoms with Crippen molar-refractivity contribution < 1.29 is 9.84 Å². The van der Waals surface area contributed by atoms with E-state index in [1.807, 2.05) is 30.3 Å².